The number of thioether (sulfide) groups is 1. The van der Waals surface area contributed by atoms with Gasteiger partial charge in [0.1, 0.15) is 24.7 Å². The van der Waals surface area contributed by atoms with E-state index in [1.807, 2.05) is 54.6 Å². The van der Waals surface area contributed by atoms with E-state index in [2.05, 4.69) is 10.2 Å². The van der Waals surface area contributed by atoms with Gasteiger partial charge in [0.2, 0.25) is 0 Å². The summed E-state index contributed by atoms with van der Waals surface area (Å²) in [7, 11) is 1.34. The number of hydrogen-bond donors (Lipinski definition) is 1. The van der Waals surface area contributed by atoms with Crippen LogP contribution in [0.4, 0.5) is 0 Å². The van der Waals surface area contributed by atoms with E-state index >= 15 is 0 Å². The van der Waals surface area contributed by atoms with Crippen LogP contribution in [0.1, 0.15) is 21.5 Å². The third kappa shape index (κ3) is 8.34. The predicted octanol–water partition coefficient (Wildman–Crippen LogP) is 4.51. The molecule has 0 unspecified atom stereocenters. The molecule has 3 aromatic carbocycles. The fourth-order valence-corrected chi connectivity index (χ4v) is 3.32. The van der Waals surface area contributed by atoms with Crippen LogP contribution in [0.25, 0.3) is 0 Å². The molecule has 0 bridgehead atoms. The highest BCUT2D eigenvalue weighted by atomic mass is 32.2. The second-order valence-corrected chi connectivity index (χ2v) is 7.74. The molecule has 0 spiro atoms. The molecular formula is C25H25N3O4S. The van der Waals surface area contributed by atoms with Crippen molar-refractivity contribution in [1.82, 2.24) is 0 Å². The van der Waals surface area contributed by atoms with Crippen LogP contribution < -0.4 is 15.2 Å². The molecule has 0 aliphatic heterocycles. The zero-order valence-corrected chi connectivity index (χ0v) is 19.0. The summed E-state index contributed by atoms with van der Waals surface area (Å²) < 4.78 is 16.0. The standard InChI is InChI=1S/C25H25N3O4S/c1-30-24(29)21-8-5-9-23(16-21)32-15-14-31-22-12-10-19(11-13-22)17-27-28-25(26)33-18-20-6-3-2-4-7-20/h2-13,16-17H,14-15,18H2,1H3,(H2,26,28). The number of hydrogen-bond acceptors (Lipinski definition) is 7. The van der Waals surface area contributed by atoms with E-state index in [1.165, 1.54) is 24.4 Å². The fourth-order valence-electron chi connectivity index (χ4n) is 2.71. The fraction of sp³-hybridized carbons (Fsp3) is 0.160. The molecule has 170 valence electrons. The minimum absolute atomic E-state index is 0.336. The van der Waals surface area contributed by atoms with E-state index in [1.54, 1.807) is 30.5 Å². The summed E-state index contributed by atoms with van der Waals surface area (Å²) in [5, 5.41) is 8.47. The molecule has 33 heavy (non-hydrogen) atoms. The Balaban J connectivity index is 1.39. The van der Waals surface area contributed by atoms with Crippen molar-refractivity contribution in [3.8, 4) is 11.5 Å². The molecule has 0 aromatic heterocycles. The van der Waals surface area contributed by atoms with Gasteiger partial charge in [0, 0.05) is 5.75 Å². The lowest BCUT2D eigenvalue weighted by molar-refractivity contribution is 0.0600. The molecule has 0 heterocycles. The summed E-state index contributed by atoms with van der Waals surface area (Å²) in [6.07, 6.45) is 1.64. The number of esters is 1. The minimum atomic E-state index is -0.403. The molecule has 0 aliphatic rings. The van der Waals surface area contributed by atoms with Crippen molar-refractivity contribution in [3.05, 3.63) is 95.6 Å². The summed E-state index contributed by atoms with van der Waals surface area (Å²) in [5.74, 6) is 1.63. The Morgan fingerprint density at radius 1 is 0.939 bits per heavy atom. The second kappa shape index (κ2) is 12.9. The van der Waals surface area contributed by atoms with Gasteiger partial charge in [-0.2, -0.15) is 5.10 Å². The third-order valence-corrected chi connectivity index (χ3v) is 5.20. The lowest BCUT2D eigenvalue weighted by atomic mass is 10.2. The summed E-state index contributed by atoms with van der Waals surface area (Å²) in [6, 6.07) is 24.3. The highest BCUT2D eigenvalue weighted by Gasteiger charge is 2.06. The maximum Gasteiger partial charge on any atom is 0.337 e. The number of nitrogens with zero attached hydrogens (tertiary/aromatic N) is 2. The normalized spacial score (nSPS) is 11.4. The average Bonchev–Trinajstić information content (AvgIpc) is 2.86. The number of amidine groups is 1. The zero-order valence-electron chi connectivity index (χ0n) is 18.2. The Kier molecular flexibility index (Phi) is 9.35. The quantitative estimate of drug-likeness (QED) is 0.156. The smallest absolute Gasteiger partial charge is 0.337 e. The number of carbonyl (C=O) groups is 1. The van der Waals surface area contributed by atoms with Crippen LogP contribution in [0.3, 0.4) is 0 Å². The lowest BCUT2D eigenvalue weighted by Crippen LogP contribution is -2.09. The average molecular weight is 464 g/mol. The van der Waals surface area contributed by atoms with Gasteiger partial charge in [-0.3, -0.25) is 0 Å². The summed E-state index contributed by atoms with van der Waals surface area (Å²) in [6.45, 7) is 0.692. The van der Waals surface area contributed by atoms with E-state index in [0.29, 0.717) is 35.4 Å². The van der Waals surface area contributed by atoms with Crippen LogP contribution in [0.15, 0.2) is 89.1 Å². The van der Waals surface area contributed by atoms with Crippen molar-refractivity contribution in [3.63, 3.8) is 0 Å². The molecule has 0 fully saturated rings. The Morgan fingerprint density at radius 3 is 2.39 bits per heavy atom. The van der Waals surface area contributed by atoms with Gasteiger partial charge in [-0.1, -0.05) is 48.2 Å². The molecule has 0 atom stereocenters. The summed E-state index contributed by atoms with van der Waals surface area (Å²) in [4.78, 5) is 11.6. The molecule has 8 heteroatoms. The monoisotopic (exact) mass is 463 g/mol. The molecule has 0 amide bonds. The van der Waals surface area contributed by atoms with Crippen LogP contribution >= 0.6 is 11.8 Å². The first kappa shape index (κ1) is 23.9. The molecule has 2 N–H and O–H groups in total. The Labute approximate surface area is 197 Å². The number of benzene rings is 3. The SMILES string of the molecule is COC(=O)c1cccc(OCCOc2ccc(C=NN=C(N)SCc3ccccc3)cc2)c1. The lowest BCUT2D eigenvalue weighted by Gasteiger charge is -2.09. The van der Waals surface area contributed by atoms with Crippen molar-refractivity contribution in [1.29, 1.82) is 0 Å². The van der Waals surface area contributed by atoms with Crippen LogP contribution in [0.2, 0.25) is 0 Å². The molecule has 0 radical (unpaired) electrons. The van der Waals surface area contributed by atoms with E-state index in [4.69, 9.17) is 19.9 Å². The number of nitrogens with two attached hydrogens (primary N) is 1. The van der Waals surface area contributed by atoms with Gasteiger partial charge in [-0.15, -0.1) is 5.10 Å². The predicted molar refractivity (Wildman–Crippen MR) is 132 cm³/mol. The van der Waals surface area contributed by atoms with Gasteiger partial charge in [-0.25, -0.2) is 4.79 Å². The third-order valence-electron chi connectivity index (χ3n) is 4.35. The zero-order chi connectivity index (χ0) is 23.3. The molecular weight excluding hydrogens is 438 g/mol. The summed E-state index contributed by atoms with van der Waals surface area (Å²) in [5.41, 5.74) is 8.39. The largest absolute Gasteiger partial charge is 0.490 e. The molecule has 0 saturated carbocycles. The van der Waals surface area contributed by atoms with E-state index in [0.717, 1.165) is 11.3 Å². The highest BCUT2D eigenvalue weighted by Crippen LogP contribution is 2.15. The maximum atomic E-state index is 11.6. The Bertz CT molecular complexity index is 1090. The topological polar surface area (TPSA) is 95.5 Å². The number of rotatable bonds is 10. The first-order chi connectivity index (χ1) is 16.1. The first-order valence-electron chi connectivity index (χ1n) is 10.2. The minimum Gasteiger partial charge on any atom is -0.490 e. The second-order valence-electron chi connectivity index (χ2n) is 6.74. The van der Waals surface area contributed by atoms with Gasteiger partial charge >= 0.3 is 5.97 Å². The Hall–Kier alpha value is -3.78. The summed E-state index contributed by atoms with van der Waals surface area (Å²) >= 11 is 1.44. The molecule has 3 rings (SSSR count). The van der Waals surface area contributed by atoms with Gasteiger partial charge in [0.15, 0.2) is 5.17 Å². The number of ether oxygens (including phenoxy) is 3. The van der Waals surface area contributed by atoms with E-state index in [-0.39, 0.29) is 0 Å². The van der Waals surface area contributed by atoms with E-state index < -0.39 is 5.97 Å². The Morgan fingerprint density at radius 2 is 1.67 bits per heavy atom. The van der Waals surface area contributed by atoms with Gasteiger partial charge < -0.3 is 19.9 Å². The van der Waals surface area contributed by atoms with Crippen molar-refractivity contribution in [2.75, 3.05) is 20.3 Å². The van der Waals surface area contributed by atoms with E-state index in [9.17, 15) is 4.79 Å². The van der Waals surface area contributed by atoms with Crippen molar-refractivity contribution in [2.24, 2.45) is 15.9 Å². The molecule has 7 nitrogen and oxygen atoms in total. The van der Waals surface area contributed by atoms with Crippen LogP contribution in [0.5, 0.6) is 11.5 Å². The van der Waals surface area contributed by atoms with Crippen molar-refractivity contribution in [2.45, 2.75) is 5.75 Å². The van der Waals surface area contributed by atoms with Crippen molar-refractivity contribution < 1.29 is 19.0 Å². The van der Waals surface area contributed by atoms with Crippen molar-refractivity contribution >= 4 is 29.1 Å². The highest BCUT2D eigenvalue weighted by molar-refractivity contribution is 8.13. The maximum absolute atomic E-state index is 11.6. The molecule has 3 aromatic rings. The van der Waals surface area contributed by atoms with Gasteiger partial charge in [-0.05, 0) is 53.6 Å². The van der Waals surface area contributed by atoms with Gasteiger partial charge in [0.05, 0.1) is 18.9 Å². The number of methoxy groups -OCH3 is 1. The van der Waals surface area contributed by atoms with Crippen LogP contribution in [-0.2, 0) is 10.5 Å². The van der Waals surface area contributed by atoms with Crippen LogP contribution in [-0.4, -0.2) is 37.7 Å². The first-order valence-corrected chi connectivity index (χ1v) is 11.2. The van der Waals surface area contributed by atoms with Gasteiger partial charge in [0.25, 0.3) is 0 Å². The number of carbonyl (C=O) groups excluding carboxylic acids is 1. The van der Waals surface area contributed by atoms with Crippen LogP contribution in [0, 0.1) is 0 Å². The molecule has 0 saturated heterocycles. The molecule has 0 aliphatic carbocycles.